The van der Waals surface area contributed by atoms with E-state index in [-0.39, 0.29) is 30.7 Å². The summed E-state index contributed by atoms with van der Waals surface area (Å²) >= 11 is 0. The summed E-state index contributed by atoms with van der Waals surface area (Å²) in [7, 11) is -1.86. The predicted molar refractivity (Wildman–Crippen MR) is 125 cm³/mol. The van der Waals surface area contributed by atoms with Crippen LogP contribution in [0.3, 0.4) is 0 Å². The molecule has 4 rings (SSSR count). The number of nitrogens with two attached hydrogens (primary N) is 1. The Morgan fingerprint density at radius 3 is 2.88 bits per heavy atom. The minimum Gasteiger partial charge on any atom is -0.491 e. The van der Waals surface area contributed by atoms with Crippen molar-refractivity contribution in [3.63, 3.8) is 0 Å². The number of hydrogen-bond donors (Lipinski definition) is 2. The second-order valence-corrected chi connectivity index (χ2v) is 9.94. The van der Waals surface area contributed by atoms with E-state index in [1.54, 1.807) is 24.2 Å². The molecule has 0 bridgehead atoms. The van der Waals surface area contributed by atoms with Gasteiger partial charge in [-0.15, -0.1) is 0 Å². The Bertz CT molecular complexity index is 1320. The number of pyridine rings is 1. The van der Waals surface area contributed by atoms with E-state index >= 15 is 0 Å². The molecule has 182 valence electrons. The third kappa shape index (κ3) is 5.13. The first-order chi connectivity index (χ1) is 16.1. The molecule has 3 aromatic rings. The Balaban J connectivity index is 1.66. The molecule has 34 heavy (non-hydrogen) atoms. The summed E-state index contributed by atoms with van der Waals surface area (Å²) < 4.78 is 39.0. The Kier molecular flexibility index (Phi) is 6.73. The van der Waals surface area contributed by atoms with E-state index in [1.807, 2.05) is 13.0 Å². The van der Waals surface area contributed by atoms with Crippen molar-refractivity contribution in [1.82, 2.24) is 19.9 Å². The van der Waals surface area contributed by atoms with Gasteiger partial charge in [0.1, 0.15) is 24.7 Å². The number of rotatable bonds is 9. The molecule has 1 aliphatic heterocycles. The van der Waals surface area contributed by atoms with Crippen molar-refractivity contribution in [2.24, 2.45) is 5.73 Å². The molecule has 2 aromatic heterocycles. The van der Waals surface area contributed by atoms with Crippen LogP contribution in [0.25, 0.3) is 22.2 Å². The zero-order valence-electron chi connectivity index (χ0n) is 19.2. The number of hydrogen-bond acceptors (Lipinski definition) is 9. The zero-order chi connectivity index (χ0) is 24.5. The lowest BCUT2D eigenvalue weighted by Gasteiger charge is -2.24. The van der Waals surface area contributed by atoms with E-state index in [1.165, 1.54) is 6.33 Å². The summed E-state index contributed by atoms with van der Waals surface area (Å²) in [6, 6.07) is 3.51. The molecule has 0 aliphatic carbocycles. The molecule has 3 N–H and O–H groups in total. The van der Waals surface area contributed by atoms with Crippen molar-refractivity contribution in [3.8, 4) is 22.8 Å². The van der Waals surface area contributed by atoms with Gasteiger partial charge in [0.2, 0.25) is 5.88 Å². The van der Waals surface area contributed by atoms with Gasteiger partial charge in [0, 0.05) is 28.9 Å². The molecular formula is C22H27N5O6S. The van der Waals surface area contributed by atoms with Crippen molar-refractivity contribution in [2.75, 3.05) is 33.2 Å². The molecule has 1 unspecified atom stereocenters. The predicted octanol–water partition coefficient (Wildman–Crippen LogP) is 1.68. The number of amides is 1. The number of primary amides is 1. The zero-order valence-corrected chi connectivity index (χ0v) is 20.0. The second kappa shape index (κ2) is 9.57. The van der Waals surface area contributed by atoms with Gasteiger partial charge in [-0.1, -0.05) is 0 Å². The van der Waals surface area contributed by atoms with Gasteiger partial charge in [-0.3, -0.25) is 13.9 Å². The third-order valence-electron chi connectivity index (χ3n) is 5.68. The number of aryl methyl sites for hydroxylation is 1. The normalized spacial score (nSPS) is 14.6. The molecule has 1 amide bonds. The monoisotopic (exact) mass is 489 g/mol. The number of nitrogens with one attached hydrogen (secondary N) is 1. The highest BCUT2D eigenvalue weighted by Gasteiger charge is 2.23. The van der Waals surface area contributed by atoms with Crippen molar-refractivity contribution in [2.45, 2.75) is 25.8 Å². The molecular weight excluding hydrogens is 462 g/mol. The number of carbonyl (C=O) groups is 1. The average molecular weight is 490 g/mol. The van der Waals surface area contributed by atoms with Gasteiger partial charge in [-0.05, 0) is 38.9 Å². The molecule has 0 fully saturated rings. The second-order valence-electron chi connectivity index (χ2n) is 8.30. The van der Waals surface area contributed by atoms with Crippen LogP contribution in [0.4, 0.5) is 0 Å². The van der Waals surface area contributed by atoms with Crippen molar-refractivity contribution in [1.29, 1.82) is 0 Å². The topological polar surface area (TPSA) is 150 Å². The summed E-state index contributed by atoms with van der Waals surface area (Å²) in [5, 5.41) is 0. The Labute approximate surface area is 197 Å². The molecule has 0 radical (unpaired) electrons. The lowest BCUT2D eigenvalue weighted by Crippen LogP contribution is -2.36. The van der Waals surface area contributed by atoms with E-state index in [4.69, 9.17) is 19.4 Å². The first kappa shape index (κ1) is 23.9. The maximum atomic E-state index is 12.3. The number of fused-ring (bicyclic) bond motifs is 2. The molecule has 0 saturated heterocycles. The van der Waals surface area contributed by atoms with Crippen LogP contribution in [-0.4, -0.2) is 73.5 Å². The first-order valence-corrected chi connectivity index (χ1v) is 12.5. The first-order valence-electron chi connectivity index (χ1n) is 10.7. The van der Waals surface area contributed by atoms with Gasteiger partial charge in [-0.2, -0.15) is 8.42 Å². The van der Waals surface area contributed by atoms with Crippen LogP contribution < -0.4 is 15.2 Å². The largest absolute Gasteiger partial charge is 0.491 e. The standard InChI is InChI=1S/C22H27N5O6S/c1-13(27(2)12-33-34(3,29)30)10-32-17-8-16(19-20(26-11-25-19)18(17)21(23)28)15-7-14-5-4-6-31-22(14)24-9-15/h7-9,11,13H,4-6,10,12H2,1-3H3,(H2,23,28)(H,25,26). The van der Waals surface area contributed by atoms with E-state index in [0.29, 0.717) is 23.5 Å². The number of imidazole rings is 1. The molecule has 11 nitrogen and oxygen atoms in total. The molecule has 0 spiro atoms. The van der Waals surface area contributed by atoms with Gasteiger partial charge in [0.25, 0.3) is 16.0 Å². The molecule has 1 atom stereocenters. The maximum absolute atomic E-state index is 12.3. The fourth-order valence-electron chi connectivity index (χ4n) is 3.69. The van der Waals surface area contributed by atoms with E-state index in [0.717, 1.165) is 35.8 Å². The van der Waals surface area contributed by atoms with E-state index in [2.05, 4.69) is 15.0 Å². The Morgan fingerprint density at radius 1 is 1.35 bits per heavy atom. The SMILES string of the molecule is CC(COc1cc(-c2cnc3c(c2)CCCO3)c2nc[nH]c2c1C(N)=O)N(C)COS(C)(=O)=O. The van der Waals surface area contributed by atoms with E-state index < -0.39 is 16.0 Å². The molecule has 0 saturated carbocycles. The van der Waals surface area contributed by atoms with E-state index in [9.17, 15) is 13.2 Å². The average Bonchev–Trinajstić information content (AvgIpc) is 3.28. The molecule has 12 heteroatoms. The fourth-order valence-corrected chi connectivity index (χ4v) is 4.05. The van der Waals surface area contributed by atoms with Crippen LogP contribution in [0.5, 0.6) is 11.6 Å². The number of likely N-dealkylation sites (N-methyl/N-ethyl adjacent to an activating group) is 1. The highest BCUT2D eigenvalue weighted by atomic mass is 32.2. The number of aromatic nitrogens is 3. The Hall–Kier alpha value is -3.22. The smallest absolute Gasteiger partial charge is 0.265 e. The summed E-state index contributed by atoms with van der Waals surface area (Å²) in [5.74, 6) is 0.262. The summed E-state index contributed by atoms with van der Waals surface area (Å²) in [4.78, 5) is 25.9. The minimum absolute atomic E-state index is 0.125. The highest BCUT2D eigenvalue weighted by molar-refractivity contribution is 7.85. The summed E-state index contributed by atoms with van der Waals surface area (Å²) in [5.41, 5.74) is 9.48. The quantitative estimate of drug-likeness (QED) is 0.338. The minimum atomic E-state index is -3.57. The van der Waals surface area contributed by atoms with Gasteiger partial charge < -0.3 is 20.2 Å². The lowest BCUT2D eigenvalue weighted by molar-refractivity contribution is 0.0922. The lowest BCUT2D eigenvalue weighted by atomic mass is 9.99. The van der Waals surface area contributed by atoms with Crippen LogP contribution >= 0.6 is 0 Å². The number of aromatic amines is 1. The number of carbonyl (C=O) groups excluding carboxylic acids is 1. The third-order valence-corrected chi connectivity index (χ3v) is 6.21. The van der Waals surface area contributed by atoms with Crippen LogP contribution in [0.1, 0.15) is 29.3 Å². The van der Waals surface area contributed by atoms with Crippen LogP contribution in [0.2, 0.25) is 0 Å². The molecule has 1 aliphatic rings. The number of H-pyrrole nitrogens is 1. The number of ether oxygens (including phenoxy) is 2. The van der Waals surface area contributed by atoms with Crippen LogP contribution in [-0.2, 0) is 20.7 Å². The van der Waals surface area contributed by atoms with Gasteiger partial charge in [0.15, 0.2) is 0 Å². The van der Waals surface area contributed by atoms with Crippen LogP contribution in [0, 0.1) is 0 Å². The summed E-state index contributed by atoms with van der Waals surface area (Å²) in [6.45, 7) is 2.52. The van der Waals surface area contributed by atoms with Gasteiger partial charge in [-0.25, -0.2) is 9.97 Å². The number of benzene rings is 1. The van der Waals surface area contributed by atoms with Crippen molar-refractivity contribution < 1.29 is 26.9 Å². The maximum Gasteiger partial charge on any atom is 0.265 e. The highest BCUT2D eigenvalue weighted by Crippen LogP contribution is 2.37. The van der Waals surface area contributed by atoms with Crippen LogP contribution in [0.15, 0.2) is 24.7 Å². The fraction of sp³-hybridized carbons (Fsp3) is 0.409. The van der Waals surface area contributed by atoms with Crippen molar-refractivity contribution in [3.05, 3.63) is 35.8 Å². The molecule has 3 heterocycles. The van der Waals surface area contributed by atoms with Crippen molar-refractivity contribution >= 4 is 27.1 Å². The molecule has 1 aromatic carbocycles. The number of nitrogens with zero attached hydrogens (tertiary/aromatic N) is 3. The van der Waals surface area contributed by atoms with Gasteiger partial charge >= 0.3 is 0 Å². The summed E-state index contributed by atoms with van der Waals surface area (Å²) in [6.07, 6.45) is 5.98. The van der Waals surface area contributed by atoms with Gasteiger partial charge in [0.05, 0.1) is 30.2 Å². The Morgan fingerprint density at radius 2 is 2.15 bits per heavy atom.